The Morgan fingerprint density at radius 3 is 2.75 bits per heavy atom. The number of carbonyl (C=O) groups is 2. The summed E-state index contributed by atoms with van der Waals surface area (Å²) in [7, 11) is 0. The zero-order chi connectivity index (χ0) is 17.5. The number of nitrogens with one attached hydrogen (secondary N) is 2. The molecule has 126 valence electrons. The number of aryl methyl sites for hydroxylation is 1. The fraction of sp³-hybridized carbons (Fsp3) is 0.235. The number of aromatic hydroxyl groups is 1. The SMILES string of the molecule is Cc1ccc(O)c(NC(=O)C[C@H](NCc2cccnc2)C(=O)O)c1. The lowest BCUT2D eigenvalue weighted by atomic mass is 10.1. The molecule has 0 bridgehead atoms. The molecule has 0 saturated heterocycles. The Labute approximate surface area is 139 Å². The third-order valence-electron chi connectivity index (χ3n) is 3.39. The number of anilines is 1. The maximum atomic E-state index is 12.1. The number of hydrogen-bond acceptors (Lipinski definition) is 5. The fourth-order valence-corrected chi connectivity index (χ4v) is 2.13. The maximum Gasteiger partial charge on any atom is 0.321 e. The number of benzene rings is 1. The van der Waals surface area contributed by atoms with Crippen LogP contribution in [0.5, 0.6) is 5.75 Å². The summed E-state index contributed by atoms with van der Waals surface area (Å²) in [6.45, 7) is 2.11. The lowest BCUT2D eigenvalue weighted by Gasteiger charge is -2.15. The van der Waals surface area contributed by atoms with Crippen LogP contribution in [-0.4, -0.2) is 33.1 Å². The minimum atomic E-state index is -1.12. The minimum absolute atomic E-state index is 0.0656. The molecule has 0 spiro atoms. The number of phenolic OH excluding ortho intramolecular Hbond substituents is 1. The first-order chi connectivity index (χ1) is 11.5. The highest BCUT2D eigenvalue weighted by atomic mass is 16.4. The van der Waals surface area contributed by atoms with E-state index in [9.17, 15) is 19.8 Å². The summed E-state index contributed by atoms with van der Waals surface area (Å²) < 4.78 is 0. The van der Waals surface area contributed by atoms with Crippen molar-refractivity contribution in [1.29, 1.82) is 0 Å². The molecule has 7 nitrogen and oxygen atoms in total. The van der Waals surface area contributed by atoms with Gasteiger partial charge in [0.2, 0.25) is 5.91 Å². The summed E-state index contributed by atoms with van der Waals surface area (Å²) >= 11 is 0. The van der Waals surface area contributed by atoms with E-state index < -0.39 is 17.9 Å². The lowest BCUT2D eigenvalue weighted by Crippen LogP contribution is -2.39. The Kier molecular flexibility index (Phi) is 5.86. The van der Waals surface area contributed by atoms with Crippen LogP contribution in [0.2, 0.25) is 0 Å². The van der Waals surface area contributed by atoms with Gasteiger partial charge in [-0.3, -0.25) is 19.9 Å². The predicted molar refractivity (Wildman–Crippen MR) is 88.6 cm³/mol. The average Bonchev–Trinajstić information content (AvgIpc) is 2.55. The van der Waals surface area contributed by atoms with Crippen molar-refractivity contribution in [1.82, 2.24) is 10.3 Å². The van der Waals surface area contributed by atoms with Gasteiger partial charge >= 0.3 is 5.97 Å². The van der Waals surface area contributed by atoms with Crippen LogP contribution in [0.1, 0.15) is 17.5 Å². The predicted octanol–water partition coefficient (Wildman–Crippen LogP) is 1.67. The van der Waals surface area contributed by atoms with Crippen LogP contribution in [0.4, 0.5) is 5.69 Å². The third kappa shape index (κ3) is 5.06. The van der Waals surface area contributed by atoms with Gasteiger partial charge in [-0.1, -0.05) is 12.1 Å². The number of pyridine rings is 1. The second-order valence-electron chi connectivity index (χ2n) is 5.41. The first-order valence-corrected chi connectivity index (χ1v) is 7.40. The number of aromatic nitrogens is 1. The number of nitrogens with zero attached hydrogens (tertiary/aromatic N) is 1. The van der Waals surface area contributed by atoms with Crippen molar-refractivity contribution in [3.05, 3.63) is 53.9 Å². The molecule has 0 unspecified atom stereocenters. The monoisotopic (exact) mass is 329 g/mol. The van der Waals surface area contributed by atoms with Crippen molar-refractivity contribution < 1.29 is 19.8 Å². The first kappa shape index (κ1) is 17.4. The van der Waals surface area contributed by atoms with Crippen molar-refractivity contribution in [2.45, 2.75) is 25.9 Å². The number of amides is 1. The summed E-state index contributed by atoms with van der Waals surface area (Å²) in [5, 5.41) is 24.3. The molecule has 1 amide bonds. The van der Waals surface area contributed by atoms with Gasteiger partial charge < -0.3 is 15.5 Å². The fourth-order valence-electron chi connectivity index (χ4n) is 2.13. The molecule has 2 aromatic rings. The Bertz CT molecular complexity index is 719. The first-order valence-electron chi connectivity index (χ1n) is 7.40. The van der Waals surface area contributed by atoms with Crippen LogP contribution in [0.25, 0.3) is 0 Å². The van der Waals surface area contributed by atoms with Gasteiger partial charge in [0.15, 0.2) is 0 Å². The van der Waals surface area contributed by atoms with Crippen LogP contribution < -0.4 is 10.6 Å². The van der Waals surface area contributed by atoms with Gasteiger partial charge in [0.1, 0.15) is 11.8 Å². The van der Waals surface area contributed by atoms with Crippen LogP contribution in [-0.2, 0) is 16.1 Å². The van der Waals surface area contributed by atoms with Crippen LogP contribution in [0, 0.1) is 6.92 Å². The highest BCUT2D eigenvalue weighted by Crippen LogP contribution is 2.24. The number of carboxylic acids is 1. The molecule has 4 N–H and O–H groups in total. The lowest BCUT2D eigenvalue weighted by molar-refractivity contribution is -0.141. The molecule has 1 aromatic carbocycles. The number of rotatable bonds is 7. The van der Waals surface area contributed by atoms with Crippen molar-refractivity contribution >= 4 is 17.6 Å². The van der Waals surface area contributed by atoms with E-state index in [1.165, 1.54) is 6.07 Å². The largest absolute Gasteiger partial charge is 0.506 e. The average molecular weight is 329 g/mol. The second kappa shape index (κ2) is 8.07. The van der Waals surface area contributed by atoms with E-state index in [2.05, 4.69) is 15.6 Å². The molecule has 0 aliphatic rings. The number of hydrogen-bond donors (Lipinski definition) is 4. The molecule has 0 saturated carbocycles. The summed E-state index contributed by atoms with van der Waals surface area (Å²) in [6.07, 6.45) is 2.99. The molecular formula is C17H19N3O4. The number of carbonyl (C=O) groups excluding carboxylic acids is 1. The molecule has 0 aliphatic heterocycles. The maximum absolute atomic E-state index is 12.1. The Morgan fingerprint density at radius 1 is 1.29 bits per heavy atom. The smallest absolute Gasteiger partial charge is 0.321 e. The van der Waals surface area contributed by atoms with E-state index in [0.717, 1.165) is 11.1 Å². The van der Waals surface area contributed by atoms with Crippen molar-refractivity contribution in [2.24, 2.45) is 0 Å². The molecule has 24 heavy (non-hydrogen) atoms. The van der Waals surface area contributed by atoms with E-state index in [-0.39, 0.29) is 24.4 Å². The third-order valence-corrected chi connectivity index (χ3v) is 3.39. The van der Waals surface area contributed by atoms with Gasteiger partial charge in [-0.2, -0.15) is 0 Å². The normalized spacial score (nSPS) is 11.7. The van der Waals surface area contributed by atoms with Crippen LogP contribution in [0.3, 0.4) is 0 Å². The Hall–Kier alpha value is -2.93. The summed E-state index contributed by atoms with van der Waals surface area (Å²) in [5.74, 6) is -1.69. The number of carboxylic acid groups (broad SMARTS) is 1. The van der Waals surface area contributed by atoms with Crippen LogP contribution in [0.15, 0.2) is 42.7 Å². The quantitative estimate of drug-likeness (QED) is 0.575. The molecule has 0 aliphatic carbocycles. The molecular weight excluding hydrogens is 310 g/mol. The topological polar surface area (TPSA) is 112 Å². The highest BCUT2D eigenvalue weighted by molar-refractivity contribution is 5.95. The Balaban J connectivity index is 1.95. The van der Waals surface area contributed by atoms with Gasteiger partial charge in [0.05, 0.1) is 12.1 Å². The zero-order valence-electron chi connectivity index (χ0n) is 13.2. The number of aliphatic carboxylic acids is 1. The molecule has 2 rings (SSSR count). The van der Waals surface area contributed by atoms with Gasteiger partial charge in [0.25, 0.3) is 0 Å². The molecule has 7 heteroatoms. The van der Waals surface area contributed by atoms with Crippen molar-refractivity contribution in [2.75, 3.05) is 5.32 Å². The Morgan fingerprint density at radius 2 is 2.08 bits per heavy atom. The zero-order valence-corrected chi connectivity index (χ0v) is 13.2. The van der Waals surface area contributed by atoms with E-state index in [1.807, 2.05) is 13.0 Å². The summed E-state index contributed by atoms with van der Waals surface area (Å²) in [6, 6.07) is 7.31. The standard InChI is InChI=1S/C17H19N3O4/c1-11-4-5-15(21)13(7-11)20-16(22)8-14(17(23)24)19-10-12-3-2-6-18-9-12/h2-7,9,14,19,21H,8,10H2,1H3,(H,20,22)(H,23,24)/t14-/m0/s1. The van der Waals surface area contributed by atoms with Crippen molar-refractivity contribution in [3.63, 3.8) is 0 Å². The summed E-state index contributed by atoms with van der Waals surface area (Å²) in [4.78, 5) is 27.3. The van der Waals surface area contributed by atoms with E-state index in [0.29, 0.717) is 0 Å². The van der Waals surface area contributed by atoms with Gasteiger partial charge in [-0.15, -0.1) is 0 Å². The van der Waals surface area contributed by atoms with Crippen LogP contribution >= 0.6 is 0 Å². The van der Waals surface area contributed by atoms with Gasteiger partial charge in [-0.25, -0.2) is 0 Å². The second-order valence-corrected chi connectivity index (χ2v) is 5.41. The van der Waals surface area contributed by atoms with Gasteiger partial charge in [0, 0.05) is 18.9 Å². The van der Waals surface area contributed by atoms with Gasteiger partial charge in [-0.05, 0) is 36.2 Å². The van der Waals surface area contributed by atoms with E-state index in [1.54, 1.807) is 30.6 Å². The highest BCUT2D eigenvalue weighted by Gasteiger charge is 2.21. The van der Waals surface area contributed by atoms with Crippen molar-refractivity contribution in [3.8, 4) is 5.75 Å². The molecule has 1 heterocycles. The molecule has 1 atom stereocenters. The van der Waals surface area contributed by atoms with E-state index in [4.69, 9.17) is 0 Å². The summed E-state index contributed by atoms with van der Waals surface area (Å²) in [5.41, 5.74) is 1.95. The number of phenols is 1. The molecule has 1 aromatic heterocycles. The molecule has 0 fully saturated rings. The minimum Gasteiger partial charge on any atom is -0.506 e. The van der Waals surface area contributed by atoms with E-state index >= 15 is 0 Å². The molecule has 0 radical (unpaired) electrons.